The van der Waals surface area contributed by atoms with Gasteiger partial charge in [0.1, 0.15) is 5.58 Å². The van der Waals surface area contributed by atoms with Crippen molar-refractivity contribution in [3.05, 3.63) is 45.3 Å². The lowest BCUT2D eigenvalue weighted by molar-refractivity contribution is -0.0704. The number of rotatable bonds is 2. The molecule has 118 valence electrons. The van der Waals surface area contributed by atoms with E-state index >= 15 is 0 Å². The molecular weight excluding hydrogens is 278 g/mol. The molecule has 1 aliphatic rings. The van der Waals surface area contributed by atoms with E-state index in [1.54, 1.807) is 6.07 Å². The summed E-state index contributed by atoms with van der Waals surface area (Å²) in [6, 6.07) is 5.71. The van der Waals surface area contributed by atoms with Gasteiger partial charge in [-0.15, -0.1) is 0 Å². The van der Waals surface area contributed by atoms with E-state index in [0.29, 0.717) is 5.58 Å². The van der Waals surface area contributed by atoms with Gasteiger partial charge in [0, 0.05) is 31.1 Å². The minimum atomic E-state index is -0.278. The number of hydrogen-bond donors (Lipinski definition) is 0. The molecule has 3 rings (SSSR count). The summed E-state index contributed by atoms with van der Waals surface area (Å²) in [6.45, 7) is 10.8. The minimum absolute atomic E-state index is 0.221. The summed E-state index contributed by atoms with van der Waals surface area (Å²) < 4.78 is 11.1. The van der Waals surface area contributed by atoms with Gasteiger partial charge in [-0.05, 0) is 56.5 Å². The largest absolute Gasteiger partial charge is 0.423 e. The average molecular weight is 301 g/mol. The zero-order chi connectivity index (χ0) is 15.9. The molecule has 1 aromatic carbocycles. The lowest BCUT2D eigenvalue weighted by atomic mass is 10.0. The van der Waals surface area contributed by atoms with E-state index in [1.807, 2.05) is 13.0 Å². The summed E-state index contributed by atoms with van der Waals surface area (Å²) in [5.74, 6) is 0. The minimum Gasteiger partial charge on any atom is -0.423 e. The zero-order valence-electron chi connectivity index (χ0n) is 13.7. The third-order valence-corrected chi connectivity index (χ3v) is 4.33. The van der Waals surface area contributed by atoms with Crippen molar-refractivity contribution in [2.45, 2.75) is 46.4 Å². The third-order valence-electron chi connectivity index (χ3n) is 4.33. The molecule has 2 aromatic rings. The molecule has 1 saturated heterocycles. The molecule has 2 atom stereocenters. The summed E-state index contributed by atoms with van der Waals surface area (Å²) in [5, 5.41) is 1.04. The summed E-state index contributed by atoms with van der Waals surface area (Å²) in [4.78, 5) is 14.2. The Kier molecular flexibility index (Phi) is 4.06. The van der Waals surface area contributed by atoms with E-state index in [1.165, 1.54) is 5.56 Å². The highest BCUT2D eigenvalue weighted by molar-refractivity contribution is 5.81. The Bertz CT molecular complexity index is 740. The smallest absolute Gasteiger partial charge is 0.336 e. The van der Waals surface area contributed by atoms with Crippen molar-refractivity contribution in [3.63, 3.8) is 0 Å². The van der Waals surface area contributed by atoms with Crippen LogP contribution in [0.25, 0.3) is 11.0 Å². The average Bonchev–Trinajstić information content (AvgIpc) is 2.39. The highest BCUT2D eigenvalue weighted by atomic mass is 16.5. The number of hydrogen-bond acceptors (Lipinski definition) is 4. The molecule has 0 amide bonds. The van der Waals surface area contributed by atoms with E-state index < -0.39 is 0 Å². The number of morpholine rings is 1. The van der Waals surface area contributed by atoms with Gasteiger partial charge in [0.2, 0.25) is 0 Å². The van der Waals surface area contributed by atoms with Crippen LogP contribution in [0.5, 0.6) is 0 Å². The number of ether oxygens (including phenoxy) is 1. The van der Waals surface area contributed by atoms with Crippen LogP contribution in [0.1, 0.15) is 30.5 Å². The molecule has 0 aliphatic carbocycles. The maximum atomic E-state index is 11.9. The van der Waals surface area contributed by atoms with E-state index in [-0.39, 0.29) is 17.8 Å². The molecule has 0 unspecified atom stereocenters. The van der Waals surface area contributed by atoms with E-state index in [0.717, 1.165) is 36.1 Å². The van der Waals surface area contributed by atoms with Gasteiger partial charge in [0.05, 0.1) is 12.2 Å². The molecule has 2 heterocycles. The first-order valence-electron chi connectivity index (χ1n) is 7.84. The summed E-state index contributed by atoms with van der Waals surface area (Å²) >= 11 is 0. The second-order valence-corrected chi connectivity index (χ2v) is 6.47. The highest BCUT2D eigenvalue weighted by Crippen LogP contribution is 2.23. The standard InChI is InChI=1S/C18H23NO3/c1-11-5-16-15(7-18(20)22-17(16)6-12(11)2)10-19-8-13(3)21-14(4)9-19/h5-7,13-14H,8-10H2,1-4H3/t13-,14-/m0/s1. The predicted octanol–water partition coefficient (Wildman–Crippen LogP) is 3.02. The first-order valence-corrected chi connectivity index (χ1v) is 7.84. The fraction of sp³-hybridized carbons (Fsp3) is 0.500. The van der Waals surface area contributed by atoms with Crippen LogP contribution in [0.4, 0.5) is 0 Å². The van der Waals surface area contributed by atoms with E-state index in [2.05, 4.69) is 31.7 Å². The predicted molar refractivity (Wildman–Crippen MR) is 87.2 cm³/mol. The van der Waals surface area contributed by atoms with Gasteiger partial charge < -0.3 is 9.15 Å². The Morgan fingerprint density at radius 3 is 2.41 bits per heavy atom. The van der Waals surface area contributed by atoms with Crippen molar-refractivity contribution >= 4 is 11.0 Å². The second kappa shape index (κ2) is 5.86. The summed E-state index contributed by atoms with van der Waals surface area (Å²) in [6.07, 6.45) is 0.443. The first kappa shape index (κ1) is 15.3. The molecule has 4 heteroatoms. The van der Waals surface area contributed by atoms with Crippen LogP contribution >= 0.6 is 0 Å². The van der Waals surface area contributed by atoms with Crippen LogP contribution in [0.2, 0.25) is 0 Å². The number of nitrogens with zero attached hydrogens (tertiary/aromatic N) is 1. The van der Waals surface area contributed by atoms with Crippen LogP contribution in [0.15, 0.2) is 27.4 Å². The molecule has 1 aromatic heterocycles. The molecule has 0 radical (unpaired) electrons. The van der Waals surface area contributed by atoms with E-state index in [9.17, 15) is 4.79 Å². The van der Waals surface area contributed by atoms with Crippen molar-refractivity contribution in [3.8, 4) is 0 Å². The van der Waals surface area contributed by atoms with Gasteiger partial charge in [-0.2, -0.15) is 0 Å². The third kappa shape index (κ3) is 3.08. The molecule has 4 nitrogen and oxygen atoms in total. The molecule has 0 N–H and O–H groups in total. The van der Waals surface area contributed by atoms with Crippen molar-refractivity contribution in [2.75, 3.05) is 13.1 Å². The van der Waals surface area contributed by atoms with Crippen LogP contribution in [-0.2, 0) is 11.3 Å². The molecule has 0 saturated carbocycles. The number of fused-ring (bicyclic) bond motifs is 1. The Morgan fingerprint density at radius 1 is 1.09 bits per heavy atom. The normalized spacial score (nSPS) is 23.1. The van der Waals surface area contributed by atoms with Gasteiger partial charge in [0.25, 0.3) is 0 Å². The Hall–Kier alpha value is -1.65. The molecule has 0 bridgehead atoms. The molecule has 0 spiro atoms. The van der Waals surface area contributed by atoms with Gasteiger partial charge in [-0.3, -0.25) is 4.90 Å². The zero-order valence-corrected chi connectivity index (χ0v) is 13.7. The van der Waals surface area contributed by atoms with E-state index in [4.69, 9.17) is 9.15 Å². The fourth-order valence-corrected chi connectivity index (χ4v) is 3.27. The highest BCUT2D eigenvalue weighted by Gasteiger charge is 2.23. The molecular formula is C18H23NO3. The monoisotopic (exact) mass is 301 g/mol. The Labute approximate surface area is 130 Å². The summed E-state index contributed by atoms with van der Waals surface area (Å²) in [7, 11) is 0. The van der Waals surface area contributed by atoms with Gasteiger partial charge in [0.15, 0.2) is 0 Å². The number of aryl methyl sites for hydroxylation is 2. The first-order chi connectivity index (χ1) is 10.4. The summed E-state index contributed by atoms with van der Waals surface area (Å²) in [5.41, 5.74) is 3.79. The number of benzene rings is 1. The maximum Gasteiger partial charge on any atom is 0.336 e. The van der Waals surface area contributed by atoms with Crippen LogP contribution in [0.3, 0.4) is 0 Å². The fourth-order valence-electron chi connectivity index (χ4n) is 3.27. The van der Waals surface area contributed by atoms with Crippen molar-refractivity contribution in [1.29, 1.82) is 0 Å². The Balaban J connectivity index is 1.99. The molecule has 1 aliphatic heterocycles. The van der Waals surface area contributed by atoms with Crippen molar-refractivity contribution in [1.82, 2.24) is 4.90 Å². The Morgan fingerprint density at radius 2 is 1.73 bits per heavy atom. The topological polar surface area (TPSA) is 42.7 Å². The van der Waals surface area contributed by atoms with Gasteiger partial charge >= 0.3 is 5.63 Å². The van der Waals surface area contributed by atoms with Crippen LogP contribution < -0.4 is 5.63 Å². The molecule has 22 heavy (non-hydrogen) atoms. The lowest BCUT2D eigenvalue weighted by Gasteiger charge is -2.35. The van der Waals surface area contributed by atoms with Crippen molar-refractivity contribution < 1.29 is 9.15 Å². The molecule has 1 fully saturated rings. The van der Waals surface area contributed by atoms with Crippen molar-refractivity contribution in [2.24, 2.45) is 0 Å². The second-order valence-electron chi connectivity index (χ2n) is 6.47. The maximum absolute atomic E-state index is 11.9. The lowest BCUT2D eigenvalue weighted by Crippen LogP contribution is -2.44. The van der Waals surface area contributed by atoms with Gasteiger partial charge in [-0.1, -0.05) is 0 Å². The quantitative estimate of drug-likeness (QED) is 0.800. The van der Waals surface area contributed by atoms with Crippen LogP contribution in [0, 0.1) is 13.8 Å². The SMILES string of the molecule is Cc1cc2oc(=O)cc(CN3C[C@H](C)O[C@@H](C)C3)c2cc1C. The van der Waals surface area contributed by atoms with Crippen LogP contribution in [-0.4, -0.2) is 30.2 Å². The van der Waals surface area contributed by atoms with Gasteiger partial charge in [-0.25, -0.2) is 4.79 Å².